The maximum Gasteiger partial charge on any atom is 0.0377 e. The molecule has 86 valence electrons. The summed E-state index contributed by atoms with van der Waals surface area (Å²) in [6, 6.07) is 9.66. The van der Waals surface area contributed by atoms with Crippen LogP contribution in [0.3, 0.4) is 0 Å². The highest BCUT2D eigenvalue weighted by molar-refractivity contribution is 5.56. The Morgan fingerprint density at radius 3 is 2.88 bits per heavy atom. The maximum absolute atomic E-state index is 3.76. The predicted octanol–water partition coefficient (Wildman–Crippen LogP) is 4.16. The van der Waals surface area contributed by atoms with Gasteiger partial charge in [-0.25, -0.2) is 0 Å². The topological polar surface area (TPSA) is 12.0 Å². The number of para-hydroxylation sites is 1. The Bertz CT molecular complexity index is 371. The van der Waals surface area contributed by atoms with E-state index in [2.05, 4.69) is 36.5 Å². The number of hydrogen-bond acceptors (Lipinski definition) is 1. The molecule has 3 atom stereocenters. The molecule has 2 aliphatic rings. The molecule has 0 spiro atoms. The van der Waals surface area contributed by atoms with Crippen LogP contribution in [0.4, 0.5) is 5.69 Å². The predicted molar refractivity (Wildman–Crippen MR) is 68.8 cm³/mol. The van der Waals surface area contributed by atoms with Gasteiger partial charge in [0.2, 0.25) is 0 Å². The molecule has 1 N–H and O–H groups in total. The van der Waals surface area contributed by atoms with Crippen molar-refractivity contribution in [2.45, 2.75) is 51.0 Å². The van der Waals surface area contributed by atoms with Crippen LogP contribution in [0.1, 0.15) is 50.5 Å². The van der Waals surface area contributed by atoms with E-state index in [0.717, 1.165) is 17.9 Å². The lowest BCUT2D eigenvalue weighted by Crippen LogP contribution is -2.39. The Kier molecular flexibility index (Phi) is 2.62. The molecule has 0 amide bonds. The second-order valence-corrected chi connectivity index (χ2v) is 5.30. The van der Waals surface area contributed by atoms with Crippen molar-refractivity contribution < 1.29 is 0 Å². The molecule has 3 rings (SSSR count). The van der Waals surface area contributed by atoms with Crippen molar-refractivity contribution in [2.75, 3.05) is 5.32 Å². The Labute approximate surface area is 98.3 Å². The smallest absolute Gasteiger partial charge is 0.0377 e. The van der Waals surface area contributed by atoms with Gasteiger partial charge in [-0.05, 0) is 42.7 Å². The van der Waals surface area contributed by atoms with Crippen molar-refractivity contribution in [1.82, 2.24) is 0 Å². The van der Waals surface area contributed by atoms with Gasteiger partial charge in [-0.1, -0.05) is 38.0 Å². The molecule has 1 heterocycles. The average molecular weight is 215 g/mol. The first-order chi connectivity index (χ1) is 7.90. The number of benzene rings is 1. The molecular weight excluding hydrogens is 194 g/mol. The lowest BCUT2D eigenvalue weighted by Gasteiger charge is -2.43. The third kappa shape index (κ3) is 1.53. The van der Waals surface area contributed by atoms with Gasteiger partial charge in [0, 0.05) is 11.7 Å². The molecule has 1 aliphatic carbocycles. The molecule has 1 nitrogen and oxygen atoms in total. The van der Waals surface area contributed by atoms with E-state index in [9.17, 15) is 0 Å². The van der Waals surface area contributed by atoms with Gasteiger partial charge < -0.3 is 5.32 Å². The Hall–Kier alpha value is -0.980. The highest BCUT2D eigenvalue weighted by Gasteiger charge is 2.36. The van der Waals surface area contributed by atoms with Crippen LogP contribution in [-0.2, 0) is 0 Å². The fraction of sp³-hybridized carbons (Fsp3) is 0.600. The lowest BCUT2D eigenvalue weighted by molar-refractivity contribution is 0.263. The summed E-state index contributed by atoms with van der Waals surface area (Å²) in [6.45, 7) is 2.35. The molecule has 1 aliphatic heterocycles. The molecule has 0 saturated heterocycles. The van der Waals surface area contributed by atoms with Crippen LogP contribution < -0.4 is 5.32 Å². The quantitative estimate of drug-likeness (QED) is 0.741. The van der Waals surface area contributed by atoms with E-state index in [4.69, 9.17) is 0 Å². The second-order valence-electron chi connectivity index (χ2n) is 5.30. The van der Waals surface area contributed by atoms with E-state index in [1.54, 1.807) is 5.56 Å². The molecule has 1 heteroatoms. The van der Waals surface area contributed by atoms with Crippen molar-refractivity contribution >= 4 is 5.69 Å². The maximum atomic E-state index is 3.76. The van der Waals surface area contributed by atoms with Crippen LogP contribution in [0.2, 0.25) is 0 Å². The standard InChI is InChI=1S/C15H21N/c1-2-11-12-7-3-5-9-14(12)16-15-10-6-4-8-13(11)15/h3,5,7,9,11,13,15-16H,2,4,6,8,10H2,1H3/t11?,13?,15-/m1/s1. The lowest BCUT2D eigenvalue weighted by atomic mass is 9.70. The van der Waals surface area contributed by atoms with E-state index in [1.165, 1.54) is 37.8 Å². The first-order valence-electron chi connectivity index (χ1n) is 6.75. The van der Waals surface area contributed by atoms with Crippen molar-refractivity contribution in [3.8, 4) is 0 Å². The van der Waals surface area contributed by atoms with E-state index >= 15 is 0 Å². The minimum atomic E-state index is 0.744. The van der Waals surface area contributed by atoms with Gasteiger partial charge >= 0.3 is 0 Å². The first kappa shape index (κ1) is 10.2. The normalized spacial score (nSPS) is 32.4. The molecule has 0 aromatic heterocycles. The number of fused-ring (bicyclic) bond motifs is 2. The minimum absolute atomic E-state index is 0.744. The molecule has 1 aromatic rings. The number of nitrogens with one attached hydrogen (secondary N) is 1. The summed E-state index contributed by atoms with van der Waals surface area (Å²) >= 11 is 0. The number of rotatable bonds is 1. The number of anilines is 1. The molecule has 16 heavy (non-hydrogen) atoms. The fourth-order valence-electron chi connectivity index (χ4n) is 3.73. The summed E-state index contributed by atoms with van der Waals surface area (Å²) in [7, 11) is 0. The van der Waals surface area contributed by atoms with Crippen LogP contribution in [0.25, 0.3) is 0 Å². The van der Waals surface area contributed by atoms with Gasteiger partial charge in [0.25, 0.3) is 0 Å². The molecule has 1 aromatic carbocycles. The van der Waals surface area contributed by atoms with Crippen LogP contribution >= 0.6 is 0 Å². The zero-order valence-corrected chi connectivity index (χ0v) is 10.1. The first-order valence-corrected chi connectivity index (χ1v) is 6.75. The third-order valence-corrected chi connectivity index (χ3v) is 4.48. The molecule has 1 saturated carbocycles. The number of hydrogen-bond donors (Lipinski definition) is 1. The molecule has 2 unspecified atom stereocenters. The monoisotopic (exact) mass is 215 g/mol. The van der Waals surface area contributed by atoms with E-state index < -0.39 is 0 Å². The van der Waals surface area contributed by atoms with Crippen LogP contribution in [0.5, 0.6) is 0 Å². The van der Waals surface area contributed by atoms with E-state index in [0.29, 0.717) is 0 Å². The van der Waals surface area contributed by atoms with Crippen molar-refractivity contribution in [3.05, 3.63) is 29.8 Å². The average Bonchev–Trinajstić information content (AvgIpc) is 2.36. The second kappa shape index (κ2) is 4.12. The van der Waals surface area contributed by atoms with Crippen LogP contribution in [-0.4, -0.2) is 6.04 Å². The van der Waals surface area contributed by atoms with Gasteiger partial charge in [-0.2, -0.15) is 0 Å². The van der Waals surface area contributed by atoms with Gasteiger partial charge in [-0.15, -0.1) is 0 Å². The van der Waals surface area contributed by atoms with Gasteiger partial charge in [0.05, 0.1) is 0 Å². The third-order valence-electron chi connectivity index (χ3n) is 4.48. The summed E-state index contributed by atoms with van der Waals surface area (Å²) in [6.07, 6.45) is 6.92. The Morgan fingerprint density at radius 1 is 1.19 bits per heavy atom. The van der Waals surface area contributed by atoms with Gasteiger partial charge in [-0.3, -0.25) is 0 Å². The highest BCUT2D eigenvalue weighted by Crippen LogP contribution is 2.45. The van der Waals surface area contributed by atoms with Gasteiger partial charge in [0.15, 0.2) is 0 Å². The summed E-state index contributed by atoms with van der Waals surface area (Å²) in [5.74, 6) is 1.68. The molecule has 1 fully saturated rings. The van der Waals surface area contributed by atoms with Gasteiger partial charge in [0.1, 0.15) is 0 Å². The van der Waals surface area contributed by atoms with Crippen molar-refractivity contribution in [1.29, 1.82) is 0 Å². The summed E-state index contributed by atoms with van der Waals surface area (Å²) < 4.78 is 0. The molecule has 0 bridgehead atoms. The summed E-state index contributed by atoms with van der Waals surface area (Å²) in [5.41, 5.74) is 2.96. The zero-order chi connectivity index (χ0) is 11.0. The largest absolute Gasteiger partial charge is 0.382 e. The molecular formula is C15H21N. The zero-order valence-electron chi connectivity index (χ0n) is 10.1. The fourth-order valence-corrected chi connectivity index (χ4v) is 3.73. The van der Waals surface area contributed by atoms with Crippen molar-refractivity contribution in [2.24, 2.45) is 5.92 Å². The minimum Gasteiger partial charge on any atom is -0.382 e. The van der Waals surface area contributed by atoms with E-state index in [-0.39, 0.29) is 0 Å². The highest BCUT2D eigenvalue weighted by atomic mass is 15.0. The SMILES string of the molecule is CCC1c2ccccc2N[C@@H]2CCCCC12. The Morgan fingerprint density at radius 2 is 2.00 bits per heavy atom. The molecule has 0 radical (unpaired) electrons. The summed E-state index contributed by atoms with van der Waals surface area (Å²) in [5, 5.41) is 3.76. The summed E-state index contributed by atoms with van der Waals surface area (Å²) in [4.78, 5) is 0. The van der Waals surface area contributed by atoms with Crippen LogP contribution in [0.15, 0.2) is 24.3 Å². The van der Waals surface area contributed by atoms with E-state index in [1.807, 2.05) is 0 Å². The van der Waals surface area contributed by atoms with Crippen LogP contribution in [0, 0.1) is 5.92 Å². The Balaban J connectivity index is 1.99. The van der Waals surface area contributed by atoms with Crippen molar-refractivity contribution in [3.63, 3.8) is 0 Å².